The zero-order valence-corrected chi connectivity index (χ0v) is 11.3. The number of nitrogens with zero attached hydrogens (tertiary/aromatic N) is 2. The van der Waals surface area contributed by atoms with Crippen molar-refractivity contribution in [1.29, 1.82) is 0 Å². The number of thiocarbonyl (C=S) groups is 1. The van der Waals surface area contributed by atoms with E-state index in [9.17, 15) is 4.79 Å². The minimum absolute atomic E-state index is 0.0269. The summed E-state index contributed by atoms with van der Waals surface area (Å²) < 4.78 is 0. The number of rotatable bonds is 4. The van der Waals surface area contributed by atoms with Gasteiger partial charge in [-0.15, -0.1) is 0 Å². The highest BCUT2D eigenvalue weighted by molar-refractivity contribution is 7.80. The first-order valence-corrected chi connectivity index (χ1v) is 6.59. The first-order chi connectivity index (χ1) is 8.59. The summed E-state index contributed by atoms with van der Waals surface area (Å²) in [4.78, 5) is 14.7. The smallest absolute Gasteiger partial charge is 0.257 e. The van der Waals surface area contributed by atoms with Gasteiger partial charge in [-0.2, -0.15) is 5.10 Å². The number of aryl methyl sites for hydroxylation is 1. The molecule has 0 unspecified atom stereocenters. The van der Waals surface area contributed by atoms with Crippen molar-refractivity contribution in [2.24, 2.45) is 5.73 Å². The highest BCUT2D eigenvalue weighted by atomic mass is 32.1. The van der Waals surface area contributed by atoms with Gasteiger partial charge in [0.15, 0.2) is 0 Å². The molecule has 1 heterocycles. The van der Waals surface area contributed by atoms with E-state index in [-0.39, 0.29) is 11.9 Å². The van der Waals surface area contributed by atoms with Crippen molar-refractivity contribution in [3.8, 4) is 0 Å². The second kappa shape index (κ2) is 5.48. The molecule has 0 atom stereocenters. The minimum Gasteiger partial charge on any atom is -0.392 e. The maximum atomic E-state index is 12.5. The van der Waals surface area contributed by atoms with Crippen LogP contribution in [0.15, 0.2) is 6.20 Å². The molecule has 1 aliphatic rings. The molecule has 0 spiro atoms. The standard InChI is InChI=1S/C12H18N4OS/c1-8-10(6-14-15-8)12(17)16(7-11(13)18)9-4-2-3-5-9/h6,9H,2-5,7H2,1H3,(H2,13,18)(H,14,15). The average Bonchev–Trinajstić information content (AvgIpc) is 2.95. The predicted octanol–water partition coefficient (Wildman–Crippen LogP) is 1.39. The molecule has 5 nitrogen and oxygen atoms in total. The summed E-state index contributed by atoms with van der Waals surface area (Å²) in [5.74, 6) is -0.0269. The van der Waals surface area contributed by atoms with Gasteiger partial charge in [-0.1, -0.05) is 25.1 Å². The van der Waals surface area contributed by atoms with Gasteiger partial charge < -0.3 is 10.6 Å². The molecule has 1 aromatic rings. The Morgan fingerprint density at radius 1 is 1.61 bits per heavy atom. The Labute approximate surface area is 112 Å². The molecule has 0 bridgehead atoms. The molecule has 0 saturated heterocycles. The second-order valence-electron chi connectivity index (χ2n) is 4.75. The van der Waals surface area contributed by atoms with E-state index in [2.05, 4.69) is 10.2 Å². The van der Waals surface area contributed by atoms with Crippen LogP contribution in [0.1, 0.15) is 41.7 Å². The number of amides is 1. The Morgan fingerprint density at radius 2 is 2.28 bits per heavy atom. The van der Waals surface area contributed by atoms with Crippen molar-refractivity contribution >= 4 is 23.1 Å². The second-order valence-corrected chi connectivity index (χ2v) is 5.27. The van der Waals surface area contributed by atoms with Crippen LogP contribution < -0.4 is 5.73 Å². The molecule has 0 aromatic carbocycles. The molecule has 1 aliphatic carbocycles. The molecule has 18 heavy (non-hydrogen) atoms. The fourth-order valence-corrected chi connectivity index (χ4v) is 2.61. The molecule has 1 aromatic heterocycles. The summed E-state index contributed by atoms with van der Waals surface area (Å²) in [6.45, 7) is 2.19. The van der Waals surface area contributed by atoms with E-state index >= 15 is 0 Å². The fraction of sp³-hybridized carbons (Fsp3) is 0.583. The third-order valence-electron chi connectivity index (χ3n) is 3.41. The summed E-state index contributed by atoms with van der Waals surface area (Å²) in [5.41, 5.74) is 7.00. The van der Waals surface area contributed by atoms with E-state index < -0.39 is 0 Å². The molecular formula is C12H18N4OS. The van der Waals surface area contributed by atoms with Crippen LogP contribution in [0.3, 0.4) is 0 Å². The van der Waals surface area contributed by atoms with Crippen molar-refractivity contribution < 1.29 is 4.79 Å². The number of carbonyl (C=O) groups is 1. The number of hydrogen-bond donors (Lipinski definition) is 2. The molecule has 1 fully saturated rings. The third kappa shape index (κ3) is 2.69. The summed E-state index contributed by atoms with van der Waals surface area (Å²) in [5, 5.41) is 6.68. The van der Waals surface area contributed by atoms with Gasteiger partial charge in [-0.25, -0.2) is 0 Å². The first kappa shape index (κ1) is 13.0. The van der Waals surface area contributed by atoms with Gasteiger partial charge in [-0.05, 0) is 19.8 Å². The lowest BCUT2D eigenvalue weighted by Gasteiger charge is -2.28. The van der Waals surface area contributed by atoms with Crippen LogP contribution in [0.5, 0.6) is 0 Å². The van der Waals surface area contributed by atoms with Crippen LogP contribution in [0.4, 0.5) is 0 Å². The van der Waals surface area contributed by atoms with Gasteiger partial charge in [0.05, 0.1) is 23.3 Å². The fourth-order valence-electron chi connectivity index (χ4n) is 2.47. The number of aromatic amines is 1. The monoisotopic (exact) mass is 266 g/mol. The van der Waals surface area contributed by atoms with E-state index in [1.165, 1.54) is 0 Å². The lowest BCUT2D eigenvalue weighted by atomic mass is 10.1. The number of hydrogen-bond acceptors (Lipinski definition) is 3. The largest absolute Gasteiger partial charge is 0.392 e. The van der Waals surface area contributed by atoms with E-state index in [4.69, 9.17) is 18.0 Å². The van der Waals surface area contributed by atoms with Gasteiger partial charge in [-0.3, -0.25) is 9.89 Å². The molecule has 6 heteroatoms. The van der Waals surface area contributed by atoms with Gasteiger partial charge in [0.25, 0.3) is 5.91 Å². The number of nitrogens with two attached hydrogens (primary N) is 1. The highest BCUT2D eigenvalue weighted by Crippen LogP contribution is 2.25. The summed E-state index contributed by atoms with van der Waals surface area (Å²) in [6.07, 6.45) is 5.96. The number of carbonyl (C=O) groups excluding carboxylic acids is 1. The molecule has 0 radical (unpaired) electrons. The van der Waals surface area contributed by atoms with Crippen molar-refractivity contribution in [3.05, 3.63) is 17.5 Å². The van der Waals surface area contributed by atoms with Crippen molar-refractivity contribution in [1.82, 2.24) is 15.1 Å². The Bertz CT molecular complexity index is 451. The normalized spacial score (nSPS) is 15.8. The molecular weight excluding hydrogens is 248 g/mol. The van der Waals surface area contributed by atoms with Crippen LogP contribution in [0, 0.1) is 6.92 Å². The zero-order valence-electron chi connectivity index (χ0n) is 10.5. The molecule has 0 aliphatic heterocycles. The molecule has 1 amide bonds. The van der Waals surface area contributed by atoms with E-state index in [0.29, 0.717) is 17.1 Å². The quantitative estimate of drug-likeness (QED) is 0.808. The number of nitrogens with one attached hydrogen (secondary N) is 1. The SMILES string of the molecule is Cc1[nH]ncc1C(=O)N(CC(N)=S)C1CCCC1. The summed E-state index contributed by atoms with van der Waals surface area (Å²) >= 11 is 4.95. The maximum Gasteiger partial charge on any atom is 0.257 e. The van der Waals surface area contributed by atoms with E-state index in [1.807, 2.05) is 6.92 Å². The van der Waals surface area contributed by atoms with Gasteiger partial charge in [0.1, 0.15) is 0 Å². The topological polar surface area (TPSA) is 75.0 Å². The van der Waals surface area contributed by atoms with Crippen LogP contribution in [-0.4, -0.2) is 38.6 Å². The van der Waals surface area contributed by atoms with Crippen LogP contribution in [0.25, 0.3) is 0 Å². The molecule has 98 valence electrons. The van der Waals surface area contributed by atoms with Gasteiger partial charge >= 0.3 is 0 Å². The van der Waals surface area contributed by atoms with E-state index in [1.54, 1.807) is 11.1 Å². The van der Waals surface area contributed by atoms with Crippen molar-refractivity contribution in [2.75, 3.05) is 6.54 Å². The highest BCUT2D eigenvalue weighted by Gasteiger charge is 2.29. The van der Waals surface area contributed by atoms with Crippen LogP contribution >= 0.6 is 12.2 Å². The van der Waals surface area contributed by atoms with E-state index in [0.717, 1.165) is 31.4 Å². The molecule has 1 saturated carbocycles. The van der Waals surface area contributed by atoms with Crippen LogP contribution in [0.2, 0.25) is 0 Å². The lowest BCUT2D eigenvalue weighted by molar-refractivity contribution is 0.0714. The Hall–Kier alpha value is -1.43. The third-order valence-corrected chi connectivity index (χ3v) is 3.54. The minimum atomic E-state index is -0.0269. The first-order valence-electron chi connectivity index (χ1n) is 6.19. The van der Waals surface area contributed by atoms with Crippen molar-refractivity contribution in [3.63, 3.8) is 0 Å². The number of H-pyrrole nitrogens is 1. The van der Waals surface area contributed by atoms with Gasteiger partial charge in [0.2, 0.25) is 0 Å². The predicted molar refractivity (Wildman–Crippen MR) is 73.4 cm³/mol. The zero-order chi connectivity index (χ0) is 13.1. The summed E-state index contributed by atoms with van der Waals surface area (Å²) in [6, 6.07) is 0.258. The Balaban J connectivity index is 2.20. The Morgan fingerprint density at radius 3 is 2.78 bits per heavy atom. The van der Waals surface area contributed by atoms with Gasteiger partial charge in [0, 0.05) is 11.7 Å². The maximum absolute atomic E-state index is 12.5. The average molecular weight is 266 g/mol. The molecule has 2 rings (SSSR count). The summed E-state index contributed by atoms with van der Waals surface area (Å²) in [7, 11) is 0. The lowest BCUT2D eigenvalue weighted by Crippen LogP contribution is -2.43. The Kier molecular flexibility index (Phi) is 3.96. The van der Waals surface area contributed by atoms with Crippen LogP contribution in [-0.2, 0) is 0 Å². The number of aromatic nitrogens is 2. The van der Waals surface area contributed by atoms with Crippen molar-refractivity contribution in [2.45, 2.75) is 38.6 Å². The molecule has 3 N–H and O–H groups in total.